The zero-order valence-corrected chi connectivity index (χ0v) is 16.7. The van der Waals surface area contributed by atoms with Crippen LogP contribution in [0, 0.1) is 0 Å². The van der Waals surface area contributed by atoms with Crippen LogP contribution in [-0.2, 0) is 17.8 Å². The van der Waals surface area contributed by atoms with Crippen molar-refractivity contribution < 1.29 is 14.0 Å². The molecule has 1 saturated heterocycles. The Morgan fingerprint density at radius 1 is 1.18 bits per heavy atom. The molecule has 0 spiro atoms. The van der Waals surface area contributed by atoms with E-state index in [1.54, 1.807) is 11.0 Å². The third-order valence-corrected chi connectivity index (χ3v) is 5.23. The molecule has 2 aromatic rings. The highest BCUT2D eigenvalue weighted by Crippen LogP contribution is 2.18. The molecule has 1 aliphatic heterocycles. The van der Waals surface area contributed by atoms with Crippen LogP contribution in [-0.4, -0.2) is 53.8 Å². The van der Waals surface area contributed by atoms with E-state index in [1.165, 1.54) is 0 Å². The van der Waals surface area contributed by atoms with Crippen molar-refractivity contribution in [3.05, 3.63) is 59.5 Å². The predicted octanol–water partition coefficient (Wildman–Crippen LogP) is 2.69. The Labute approximate surface area is 166 Å². The molecule has 6 nitrogen and oxygen atoms in total. The van der Waals surface area contributed by atoms with Crippen LogP contribution in [0.25, 0.3) is 0 Å². The molecule has 0 saturated carbocycles. The van der Waals surface area contributed by atoms with Gasteiger partial charge in [-0.15, -0.1) is 0 Å². The quantitative estimate of drug-likeness (QED) is 0.798. The highest BCUT2D eigenvalue weighted by molar-refractivity contribution is 5.96. The maximum atomic E-state index is 13.2. The van der Waals surface area contributed by atoms with E-state index in [9.17, 15) is 9.59 Å². The van der Waals surface area contributed by atoms with Gasteiger partial charge in [0.05, 0.1) is 6.54 Å². The predicted molar refractivity (Wildman–Crippen MR) is 108 cm³/mol. The topological polar surface area (TPSA) is 65.8 Å². The van der Waals surface area contributed by atoms with E-state index in [-0.39, 0.29) is 11.8 Å². The third kappa shape index (κ3) is 4.81. The minimum absolute atomic E-state index is 0.107. The van der Waals surface area contributed by atoms with Crippen molar-refractivity contribution in [2.24, 2.45) is 0 Å². The summed E-state index contributed by atoms with van der Waals surface area (Å²) in [6.45, 7) is 7.83. The molecule has 6 heteroatoms. The normalized spacial score (nSPS) is 17.5. The summed E-state index contributed by atoms with van der Waals surface area (Å²) >= 11 is 0. The van der Waals surface area contributed by atoms with E-state index in [4.69, 9.17) is 4.42 Å². The number of rotatable bonds is 7. The molecule has 1 atom stereocenters. The Balaban J connectivity index is 1.79. The summed E-state index contributed by atoms with van der Waals surface area (Å²) in [4.78, 5) is 29.7. The Morgan fingerprint density at radius 2 is 1.93 bits per heavy atom. The standard InChI is InChI=1S/C22H29N3O3/c1-3-24(4-2)16-18-11-12-20(28-18)22(27)25-14-8-13-23-21(26)19(25)15-17-9-6-5-7-10-17/h5-7,9-12,19H,3-4,8,13-16H2,1-2H3,(H,23,26). The molecule has 28 heavy (non-hydrogen) atoms. The van der Waals surface area contributed by atoms with Crippen molar-refractivity contribution in [1.29, 1.82) is 0 Å². The fourth-order valence-electron chi connectivity index (χ4n) is 3.55. The summed E-state index contributed by atoms with van der Waals surface area (Å²) in [6, 6.07) is 12.9. The van der Waals surface area contributed by atoms with E-state index in [1.807, 2.05) is 36.4 Å². The number of amides is 2. The fraction of sp³-hybridized carbons (Fsp3) is 0.455. The average molecular weight is 383 g/mol. The highest BCUT2D eigenvalue weighted by Gasteiger charge is 2.33. The summed E-state index contributed by atoms with van der Waals surface area (Å²) in [5.41, 5.74) is 1.03. The lowest BCUT2D eigenvalue weighted by molar-refractivity contribution is -0.124. The van der Waals surface area contributed by atoms with Crippen molar-refractivity contribution in [3.63, 3.8) is 0 Å². The van der Waals surface area contributed by atoms with E-state index in [0.717, 1.165) is 30.8 Å². The SMILES string of the molecule is CCN(CC)Cc1ccc(C(=O)N2CCCNC(=O)C2Cc2ccccc2)o1. The van der Waals surface area contributed by atoms with Crippen molar-refractivity contribution >= 4 is 11.8 Å². The molecule has 2 heterocycles. The van der Waals surface area contributed by atoms with Crippen molar-refractivity contribution in [2.75, 3.05) is 26.2 Å². The van der Waals surface area contributed by atoms with Gasteiger partial charge in [0, 0.05) is 19.5 Å². The maximum Gasteiger partial charge on any atom is 0.290 e. The van der Waals surface area contributed by atoms with Crippen LogP contribution in [0.1, 0.15) is 42.1 Å². The second-order valence-electron chi connectivity index (χ2n) is 7.08. The molecule has 1 fully saturated rings. The largest absolute Gasteiger partial charge is 0.455 e. The van der Waals surface area contributed by atoms with Gasteiger partial charge in [0.1, 0.15) is 11.8 Å². The molecular weight excluding hydrogens is 354 g/mol. The number of carbonyl (C=O) groups is 2. The Morgan fingerprint density at radius 3 is 2.64 bits per heavy atom. The Kier molecular flexibility index (Phi) is 6.87. The molecule has 1 unspecified atom stereocenters. The smallest absolute Gasteiger partial charge is 0.290 e. The lowest BCUT2D eigenvalue weighted by Gasteiger charge is -2.27. The zero-order valence-electron chi connectivity index (χ0n) is 16.7. The summed E-state index contributed by atoms with van der Waals surface area (Å²) in [5, 5.41) is 2.93. The highest BCUT2D eigenvalue weighted by atomic mass is 16.4. The molecule has 1 aliphatic rings. The van der Waals surface area contributed by atoms with Crippen molar-refractivity contribution in [3.8, 4) is 0 Å². The van der Waals surface area contributed by atoms with E-state index >= 15 is 0 Å². The second kappa shape index (κ2) is 9.55. The molecule has 1 aromatic carbocycles. The monoisotopic (exact) mass is 383 g/mol. The summed E-state index contributed by atoms with van der Waals surface area (Å²) in [7, 11) is 0. The molecule has 1 aromatic heterocycles. The zero-order chi connectivity index (χ0) is 19.9. The van der Waals surface area contributed by atoms with Gasteiger partial charge in [-0.05, 0) is 37.2 Å². The van der Waals surface area contributed by atoms with Crippen molar-refractivity contribution in [1.82, 2.24) is 15.1 Å². The van der Waals surface area contributed by atoms with Crippen molar-refractivity contribution in [2.45, 2.75) is 39.3 Å². The Hall–Kier alpha value is -2.60. The summed E-state index contributed by atoms with van der Waals surface area (Å²) in [6.07, 6.45) is 1.22. The number of hydrogen-bond donors (Lipinski definition) is 1. The van der Waals surface area contributed by atoms with E-state index < -0.39 is 6.04 Å². The maximum absolute atomic E-state index is 13.2. The van der Waals surface area contributed by atoms with Gasteiger partial charge in [0.15, 0.2) is 5.76 Å². The van der Waals surface area contributed by atoms with Gasteiger partial charge in [-0.3, -0.25) is 14.5 Å². The third-order valence-electron chi connectivity index (χ3n) is 5.23. The average Bonchev–Trinajstić information content (AvgIpc) is 3.12. The number of furan rings is 1. The number of nitrogens with one attached hydrogen (secondary N) is 1. The van der Waals surface area contributed by atoms with Crippen LogP contribution in [0.5, 0.6) is 0 Å². The van der Waals surface area contributed by atoms with E-state index in [0.29, 0.717) is 31.8 Å². The Bertz CT molecular complexity index is 783. The first kappa shape index (κ1) is 20.1. The van der Waals surface area contributed by atoms with Crippen LogP contribution in [0.2, 0.25) is 0 Å². The molecular formula is C22H29N3O3. The fourth-order valence-corrected chi connectivity index (χ4v) is 3.55. The van der Waals surface area contributed by atoms with Gasteiger partial charge in [0.2, 0.25) is 5.91 Å². The molecule has 0 aliphatic carbocycles. The number of hydrogen-bond acceptors (Lipinski definition) is 4. The molecule has 2 amide bonds. The molecule has 1 N–H and O–H groups in total. The van der Waals surface area contributed by atoms with Crippen LogP contribution in [0.4, 0.5) is 0 Å². The first-order valence-electron chi connectivity index (χ1n) is 10.1. The minimum Gasteiger partial charge on any atom is -0.455 e. The molecule has 3 rings (SSSR count). The van der Waals surface area contributed by atoms with Gasteiger partial charge in [0.25, 0.3) is 5.91 Å². The molecule has 150 valence electrons. The molecule has 0 radical (unpaired) electrons. The number of carbonyl (C=O) groups excluding carboxylic acids is 2. The summed E-state index contributed by atoms with van der Waals surface area (Å²) < 4.78 is 5.84. The van der Waals surface area contributed by atoms with Crippen LogP contribution in [0.15, 0.2) is 46.9 Å². The van der Waals surface area contributed by atoms with Gasteiger partial charge in [-0.25, -0.2) is 0 Å². The first-order valence-corrected chi connectivity index (χ1v) is 10.1. The number of nitrogens with zero attached hydrogens (tertiary/aromatic N) is 2. The van der Waals surface area contributed by atoms with Gasteiger partial charge in [-0.1, -0.05) is 44.2 Å². The molecule has 0 bridgehead atoms. The van der Waals surface area contributed by atoms with Crippen LogP contribution < -0.4 is 5.32 Å². The lowest BCUT2D eigenvalue weighted by Crippen LogP contribution is -2.48. The van der Waals surface area contributed by atoms with Gasteiger partial charge in [-0.2, -0.15) is 0 Å². The van der Waals surface area contributed by atoms with E-state index in [2.05, 4.69) is 24.1 Å². The second-order valence-corrected chi connectivity index (χ2v) is 7.08. The lowest BCUT2D eigenvalue weighted by atomic mass is 10.0. The van der Waals surface area contributed by atoms with Gasteiger partial charge < -0.3 is 14.6 Å². The minimum atomic E-state index is -0.534. The van der Waals surface area contributed by atoms with Crippen LogP contribution >= 0.6 is 0 Å². The van der Waals surface area contributed by atoms with Crippen LogP contribution in [0.3, 0.4) is 0 Å². The summed E-state index contributed by atoms with van der Waals surface area (Å²) in [5.74, 6) is 0.745. The number of benzene rings is 1. The van der Waals surface area contributed by atoms with Gasteiger partial charge >= 0.3 is 0 Å². The first-order chi connectivity index (χ1) is 13.6.